The smallest absolute Gasteiger partial charge is 0.309 e. The second kappa shape index (κ2) is 5.39. The number of hydrogen-bond donors (Lipinski definition) is 1. The number of carboxylic acids is 1. The molecule has 2 saturated carbocycles. The topological polar surface area (TPSA) is 37.3 Å². The summed E-state index contributed by atoms with van der Waals surface area (Å²) in [7, 11) is 0. The Labute approximate surface area is 135 Å². The number of carboxylic acid groups (broad SMARTS) is 1. The first-order chi connectivity index (χ1) is 10.3. The third-order valence-corrected chi connectivity index (χ3v) is 7.59. The van der Waals surface area contributed by atoms with Gasteiger partial charge in [0.05, 0.1) is 5.41 Å². The van der Waals surface area contributed by atoms with E-state index in [1.807, 2.05) is 6.92 Å². The molecule has 3 aliphatic rings. The fourth-order valence-corrected chi connectivity index (χ4v) is 6.05. The molecule has 0 bridgehead atoms. The molecule has 0 aromatic rings. The molecule has 0 aromatic carbocycles. The molecular formula is C20H32O2. The van der Waals surface area contributed by atoms with Gasteiger partial charge in [0.25, 0.3) is 0 Å². The summed E-state index contributed by atoms with van der Waals surface area (Å²) in [6, 6.07) is 0. The molecule has 2 nitrogen and oxygen atoms in total. The van der Waals surface area contributed by atoms with Crippen molar-refractivity contribution in [1.29, 1.82) is 0 Å². The Morgan fingerprint density at radius 2 is 2.00 bits per heavy atom. The summed E-state index contributed by atoms with van der Waals surface area (Å²) < 4.78 is 0. The Morgan fingerprint density at radius 3 is 2.64 bits per heavy atom. The third-order valence-electron chi connectivity index (χ3n) is 7.59. The molecule has 2 heteroatoms. The summed E-state index contributed by atoms with van der Waals surface area (Å²) >= 11 is 0. The van der Waals surface area contributed by atoms with Crippen LogP contribution < -0.4 is 0 Å². The lowest BCUT2D eigenvalue weighted by molar-refractivity contribution is -0.163. The zero-order chi connectivity index (χ0) is 16.1. The van der Waals surface area contributed by atoms with E-state index in [4.69, 9.17) is 0 Å². The highest BCUT2D eigenvalue weighted by atomic mass is 16.4. The molecule has 1 N–H and O–H groups in total. The van der Waals surface area contributed by atoms with E-state index < -0.39 is 11.4 Å². The number of carbonyl (C=O) groups is 1. The molecule has 3 aliphatic carbocycles. The molecule has 3 rings (SSSR count). The summed E-state index contributed by atoms with van der Waals surface area (Å²) in [5, 5.41) is 9.84. The van der Waals surface area contributed by atoms with Gasteiger partial charge in [-0.05, 0) is 74.5 Å². The Hall–Kier alpha value is -0.790. The number of fused-ring (bicyclic) bond motifs is 3. The second-order valence-corrected chi connectivity index (χ2v) is 8.99. The fraction of sp³-hybridized carbons (Fsp3) is 0.850. The van der Waals surface area contributed by atoms with Crippen molar-refractivity contribution in [1.82, 2.24) is 0 Å². The van der Waals surface area contributed by atoms with Gasteiger partial charge in [-0.1, -0.05) is 38.8 Å². The van der Waals surface area contributed by atoms with E-state index in [0.717, 1.165) is 31.1 Å². The maximum absolute atomic E-state index is 12.0. The van der Waals surface area contributed by atoms with E-state index in [1.165, 1.54) is 25.7 Å². The van der Waals surface area contributed by atoms with E-state index >= 15 is 0 Å². The molecule has 124 valence electrons. The Balaban J connectivity index is 1.92. The average molecular weight is 304 g/mol. The highest BCUT2D eigenvalue weighted by molar-refractivity contribution is 5.75. The normalized spacial score (nSPS) is 45.0. The zero-order valence-corrected chi connectivity index (χ0v) is 14.7. The van der Waals surface area contributed by atoms with Crippen LogP contribution >= 0.6 is 0 Å². The van der Waals surface area contributed by atoms with Crippen molar-refractivity contribution in [2.45, 2.75) is 72.6 Å². The monoisotopic (exact) mass is 304 g/mol. The summed E-state index contributed by atoms with van der Waals surface area (Å²) in [5.74, 6) is 1.98. The lowest BCUT2D eigenvalue weighted by atomic mass is 9.46. The SMILES string of the molecule is CC(C)[C@@H]1CC[C@H]2C(=CC[C@@H]3[C@]2(C)CCC[C@@]3(C)C(=O)O)C1. The van der Waals surface area contributed by atoms with Gasteiger partial charge in [0.2, 0.25) is 0 Å². The average Bonchev–Trinajstić information content (AvgIpc) is 2.46. The third kappa shape index (κ3) is 2.25. The van der Waals surface area contributed by atoms with Gasteiger partial charge in [-0.25, -0.2) is 0 Å². The van der Waals surface area contributed by atoms with Gasteiger partial charge in [-0.2, -0.15) is 0 Å². The van der Waals surface area contributed by atoms with Gasteiger partial charge >= 0.3 is 5.97 Å². The van der Waals surface area contributed by atoms with Crippen LogP contribution in [-0.2, 0) is 4.79 Å². The first-order valence-electron chi connectivity index (χ1n) is 9.21. The van der Waals surface area contributed by atoms with Crippen LogP contribution in [0.2, 0.25) is 0 Å². The van der Waals surface area contributed by atoms with Crippen molar-refractivity contribution in [3.8, 4) is 0 Å². The summed E-state index contributed by atoms with van der Waals surface area (Å²) in [5.41, 5.74) is 1.35. The van der Waals surface area contributed by atoms with Crippen molar-refractivity contribution < 1.29 is 9.90 Å². The van der Waals surface area contributed by atoms with Gasteiger partial charge in [0.15, 0.2) is 0 Å². The van der Waals surface area contributed by atoms with Crippen LogP contribution in [0.4, 0.5) is 0 Å². The molecule has 0 aromatic heterocycles. The molecule has 0 spiro atoms. The number of hydrogen-bond acceptors (Lipinski definition) is 1. The lowest BCUT2D eigenvalue weighted by Gasteiger charge is -2.58. The van der Waals surface area contributed by atoms with Crippen LogP contribution in [0.1, 0.15) is 72.6 Å². The van der Waals surface area contributed by atoms with Gasteiger partial charge < -0.3 is 5.11 Å². The maximum atomic E-state index is 12.0. The standard InChI is InChI=1S/C20H32O2/c1-13(2)14-6-8-16-15(12-14)7-9-17-19(16,3)10-5-11-20(17,4)18(21)22/h7,13-14,16-17H,5-6,8-12H2,1-4H3,(H,21,22)/t14-,16+,17-,19-,20-/m1/s1. The lowest BCUT2D eigenvalue weighted by Crippen LogP contribution is -2.53. The summed E-state index contributed by atoms with van der Waals surface area (Å²) in [6.07, 6.45) is 10.4. The predicted molar refractivity (Wildman–Crippen MR) is 89.6 cm³/mol. The zero-order valence-electron chi connectivity index (χ0n) is 14.7. The molecule has 0 aliphatic heterocycles. The van der Waals surface area contributed by atoms with Gasteiger partial charge in [0, 0.05) is 0 Å². The van der Waals surface area contributed by atoms with Crippen LogP contribution in [0.15, 0.2) is 11.6 Å². The van der Waals surface area contributed by atoms with Crippen molar-refractivity contribution >= 4 is 5.97 Å². The van der Waals surface area contributed by atoms with Gasteiger partial charge in [-0.15, -0.1) is 0 Å². The second-order valence-electron chi connectivity index (χ2n) is 8.99. The number of allylic oxidation sites excluding steroid dienone is 2. The van der Waals surface area contributed by atoms with E-state index in [-0.39, 0.29) is 5.41 Å². The molecule has 0 radical (unpaired) electrons. The first kappa shape index (κ1) is 16.1. The molecule has 2 fully saturated rings. The summed E-state index contributed by atoms with van der Waals surface area (Å²) in [4.78, 5) is 12.0. The van der Waals surface area contributed by atoms with Crippen LogP contribution in [0.25, 0.3) is 0 Å². The van der Waals surface area contributed by atoms with Crippen molar-refractivity contribution in [2.24, 2.45) is 34.5 Å². The van der Waals surface area contributed by atoms with Gasteiger partial charge in [-0.3, -0.25) is 4.79 Å². The molecule has 0 saturated heterocycles. The Kier molecular flexibility index (Phi) is 3.94. The highest BCUT2D eigenvalue weighted by Gasteiger charge is 2.57. The molecule has 0 amide bonds. The van der Waals surface area contributed by atoms with E-state index in [2.05, 4.69) is 26.8 Å². The summed E-state index contributed by atoms with van der Waals surface area (Å²) in [6.45, 7) is 9.11. The minimum absolute atomic E-state index is 0.206. The number of rotatable bonds is 2. The quantitative estimate of drug-likeness (QED) is 0.704. The Bertz CT molecular complexity index is 492. The fourth-order valence-electron chi connectivity index (χ4n) is 6.05. The van der Waals surface area contributed by atoms with Crippen LogP contribution in [0.5, 0.6) is 0 Å². The van der Waals surface area contributed by atoms with Crippen molar-refractivity contribution in [3.63, 3.8) is 0 Å². The molecule has 22 heavy (non-hydrogen) atoms. The molecule has 0 heterocycles. The van der Waals surface area contributed by atoms with Crippen LogP contribution in [0, 0.1) is 34.5 Å². The minimum atomic E-state index is -0.573. The maximum Gasteiger partial charge on any atom is 0.309 e. The first-order valence-corrected chi connectivity index (χ1v) is 9.21. The number of aliphatic carboxylic acids is 1. The highest BCUT2D eigenvalue weighted by Crippen LogP contribution is 2.62. The van der Waals surface area contributed by atoms with E-state index in [0.29, 0.717) is 11.8 Å². The van der Waals surface area contributed by atoms with Crippen LogP contribution in [0.3, 0.4) is 0 Å². The predicted octanol–water partition coefficient (Wildman–Crippen LogP) is 5.29. The van der Waals surface area contributed by atoms with Crippen LogP contribution in [-0.4, -0.2) is 11.1 Å². The molecule has 5 atom stereocenters. The van der Waals surface area contributed by atoms with Crippen molar-refractivity contribution in [2.75, 3.05) is 0 Å². The van der Waals surface area contributed by atoms with E-state index in [1.54, 1.807) is 5.57 Å². The largest absolute Gasteiger partial charge is 0.481 e. The Morgan fingerprint density at radius 1 is 1.27 bits per heavy atom. The van der Waals surface area contributed by atoms with Gasteiger partial charge in [0.1, 0.15) is 0 Å². The minimum Gasteiger partial charge on any atom is -0.481 e. The van der Waals surface area contributed by atoms with Crippen molar-refractivity contribution in [3.05, 3.63) is 11.6 Å². The molecule has 0 unspecified atom stereocenters. The molecular weight excluding hydrogens is 272 g/mol. The van der Waals surface area contributed by atoms with E-state index in [9.17, 15) is 9.90 Å².